The van der Waals surface area contributed by atoms with Gasteiger partial charge in [-0.25, -0.2) is 0 Å². The van der Waals surface area contributed by atoms with Crippen molar-refractivity contribution >= 4 is 0 Å². The third-order valence-corrected chi connectivity index (χ3v) is 3.33. The Morgan fingerprint density at radius 1 is 1.47 bits per heavy atom. The van der Waals surface area contributed by atoms with Gasteiger partial charge in [-0.05, 0) is 43.4 Å². The zero-order valence-electron chi connectivity index (χ0n) is 11.0. The predicted molar refractivity (Wildman–Crippen MR) is 69.8 cm³/mol. The van der Waals surface area contributed by atoms with Crippen LogP contribution >= 0.6 is 0 Å². The molecule has 17 heavy (non-hydrogen) atoms. The highest BCUT2D eigenvalue weighted by Gasteiger charge is 2.21. The maximum absolute atomic E-state index is 5.67. The molecule has 1 saturated carbocycles. The minimum atomic E-state index is 0.477. The maximum atomic E-state index is 5.67. The average Bonchev–Trinajstić information content (AvgIpc) is 3.04. The van der Waals surface area contributed by atoms with Crippen LogP contribution in [0.4, 0.5) is 0 Å². The first-order valence-electron chi connectivity index (χ1n) is 6.80. The Morgan fingerprint density at radius 3 is 2.94 bits per heavy atom. The van der Waals surface area contributed by atoms with Gasteiger partial charge in [0.1, 0.15) is 6.73 Å². The Kier molecular flexibility index (Phi) is 4.63. The molecule has 96 valence electrons. The summed E-state index contributed by atoms with van der Waals surface area (Å²) in [5.74, 6) is 0.843. The van der Waals surface area contributed by atoms with E-state index in [9.17, 15) is 0 Å². The van der Waals surface area contributed by atoms with Crippen molar-refractivity contribution < 1.29 is 4.74 Å². The Morgan fingerprint density at radius 2 is 2.29 bits per heavy atom. The molecule has 0 spiro atoms. The van der Waals surface area contributed by atoms with Crippen LogP contribution in [0.1, 0.15) is 44.7 Å². The zero-order chi connectivity index (χ0) is 12.1. The SMILES string of the molecule is CCNC(CC)c1ccn(COCC2CC2)c1. The molecule has 2 rings (SSSR count). The lowest BCUT2D eigenvalue weighted by Gasteiger charge is -2.14. The summed E-state index contributed by atoms with van der Waals surface area (Å²) in [6, 6.07) is 2.67. The van der Waals surface area contributed by atoms with Crippen molar-refractivity contribution in [3.8, 4) is 0 Å². The summed E-state index contributed by atoms with van der Waals surface area (Å²) in [6.07, 6.45) is 8.15. The van der Waals surface area contributed by atoms with E-state index in [0.717, 1.165) is 25.5 Å². The highest BCUT2D eigenvalue weighted by Crippen LogP contribution is 2.28. The number of hydrogen-bond donors (Lipinski definition) is 1. The molecule has 1 fully saturated rings. The fourth-order valence-corrected chi connectivity index (χ4v) is 2.10. The standard InChI is InChI=1S/C14H24N2O/c1-3-14(15-4-2)13-7-8-16(9-13)11-17-10-12-5-6-12/h7-9,12,14-15H,3-6,10-11H2,1-2H3. The fraction of sp³-hybridized carbons (Fsp3) is 0.714. The molecule has 3 heteroatoms. The Labute approximate surface area is 104 Å². The molecule has 1 atom stereocenters. The van der Waals surface area contributed by atoms with Gasteiger partial charge in [0, 0.05) is 18.4 Å². The molecule has 0 amide bonds. The summed E-state index contributed by atoms with van der Waals surface area (Å²) >= 11 is 0. The second-order valence-electron chi connectivity index (χ2n) is 4.92. The van der Waals surface area contributed by atoms with Crippen LogP contribution in [-0.4, -0.2) is 17.7 Å². The minimum Gasteiger partial charge on any atom is -0.361 e. The number of ether oxygens (including phenoxy) is 1. The van der Waals surface area contributed by atoms with Gasteiger partial charge < -0.3 is 14.6 Å². The van der Waals surface area contributed by atoms with Gasteiger partial charge in [0.15, 0.2) is 0 Å². The lowest BCUT2D eigenvalue weighted by Crippen LogP contribution is -2.19. The van der Waals surface area contributed by atoms with Gasteiger partial charge in [-0.15, -0.1) is 0 Å². The summed E-state index contributed by atoms with van der Waals surface area (Å²) in [7, 11) is 0. The molecule has 1 aromatic heterocycles. The quantitative estimate of drug-likeness (QED) is 0.751. The van der Waals surface area contributed by atoms with Crippen LogP contribution in [0.25, 0.3) is 0 Å². The van der Waals surface area contributed by atoms with E-state index in [-0.39, 0.29) is 0 Å². The van der Waals surface area contributed by atoms with Crippen LogP contribution in [0, 0.1) is 5.92 Å². The van der Waals surface area contributed by atoms with Gasteiger partial charge in [-0.2, -0.15) is 0 Å². The predicted octanol–water partition coefficient (Wildman–Crippen LogP) is 2.93. The summed E-state index contributed by atoms with van der Waals surface area (Å²) in [6.45, 7) is 7.01. The van der Waals surface area contributed by atoms with E-state index >= 15 is 0 Å². The highest BCUT2D eigenvalue weighted by atomic mass is 16.5. The Balaban J connectivity index is 1.80. The van der Waals surface area contributed by atoms with E-state index in [1.165, 1.54) is 18.4 Å². The number of nitrogens with zero attached hydrogens (tertiary/aromatic N) is 1. The van der Waals surface area contributed by atoms with E-state index < -0.39 is 0 Å². The summed E-state index contributed by atoms with van der Waals surface area (Å²) in [5.41, 5.74) is 1.37. The van der Waals surface area contributed by atoms with Crippen LogP contribution in [0.5, 0.6) is 0 Å². The van der Waals surface area contributed by atoms with Crippen molar-refractivity contribution in [2.24, 2.45) is 5.92 Å². The molecule has 1 heterocycles. The second-order valence-corrected chi connectivity index (χ2v) is 4.92. The molecule has 1 aliphatic rings. The number of aromatic nitrogens is 1. The van der Waals surface area contributed by atoms with Crippen molar-refractivity contribution in [1.82, 2.24) is 9.88 Å². The number of nitrogens with one attached hydrogen (secondary N) is 1. The van der Waals surface area contributed by atoms with E-state index in [4.69, 9.17) is 4.74 Å². The van der Waals surface area contributed by atoms with Crippen molar-refractivity contribution in [3.63, 3.8) is 0 Å². The van der Waals surface area contributed by atoms with Crippen LogP contribution in [0.15, 0.2) is 18.5 Å². The van der Waals surface area contributed by atoms with E-state index in [0.29, 0.717) is 12.8 Å². The van der Waals surface area contributed by atoms with Crippen LogP contribution < -0.4 is 5.32 Å². The average molecular weight is 236 g/mol. The Hall–Kier alpha value is -0.800. The molecule has 1 N–H and O–H groups in total. The largest absolute Gasteiger partial charge is 0.361 e. The molecule has 1 aromatic rings. The Bertz CT molecular complexity index is 331. The molecule has 0 bridgehead atoms. The minimum absolute atomic E-state index is 0.477. The molecule has 0 aliphatic heterocycles. The van der Waals surface area contributed by atoms with Gasteiger partial charge in [0.2, 0.25) is 0 Å². The van der Waals surface area contributed by atoms with Crippen molar-refractivity contribution in [1.29, 1.82) is 0 Å². The zero-order valence-corrected chi connectivity index (χ0v) is 11.0. The van der Waals surface area contributed by atoms with Gasteiger partial charge in [-0.1, -0.05) is 13.8 Å². The second kappa shape index (κ2) is 6.22. The summed E-state index contributed by atoms with van der Waals surface area (Å²) in [5, 5.41) is 3.49. The van der Waals surface area contributed by atoms with Gasteiger partial charge in [0.05, 0.1) is 6.61 Å². The monoisotopic (exact) mass is 236 g/mol. The normalized spacial score (nSPS) is 17.3. The molecule has 0 aromatic carbocycles. The van der Waals surface area contributed by atoms with Crippen LogP contribution in [-0.2, 0) is 11.5 Å². The van der Waals surface area contributed by atoms with Gasteiger partial charge in [-0.3, -0.25) is 0 Å². The van der Waals surface area contributed by atoms with Crippen molar-refractivity contribution in [2.45, 2.75) is 45.9 Å². The van der Waals surface area contributed by atoms with Gasteiger partial charge in [0.25, 0.3) is 0 Å². The maximum Gasteiger partial charge on any atom is 0.122 e. The lowest BCUT2D eigenvalue weighted by atomic mass is 10.1. The molecular formula is C14H24N2O. The first-order valence-corrected chi connectivity index (χ1v) is 6.80. The molecule has 0 radical (unpaired) electrons. The number of hydrogen-bond acceptors (Lipinski definition) is 2. The van der Waals surface area contributed by atoms with E-state index in [1.54, 1.807) is 0 Å². The number of rotatable bonds is 8. The van der Waals surface area contributed by atoms with Crippen LogP contribution in [0.2, 0.25) is 0 Å². The van der Waals surface area contributed by atoms with Crippen LogP contribution in [0.3, 0.4) is 0 Å². The lowest BCUT2D eigenvalue weighted by molar-refractivity contribution is 0.0691. The smallest absolute Gasteiger partial charge is 0.122 e. The summed E-state index contributed by atoms with van der Waals surface area (Å²) < 4.78 is 7.81. The molecule has 3 nitrogen and oxygen atoms in total. The highest BCUT2D eigenvalue weighted by molar-refractivity contribution is 5.15. The molecule has 1 aliphatic carbocycles. The first kappa shape index (κ1) is 12.7. The van der Waals surface area contributed by atoms with E-state index in [2.05, 4.69) is 42.2 Å². The van der Waals surface area contributed by atoms with Crippen molar-refractivity contribution in [3.05, 3.63) is 24.0 Å². The first-order chi connectivity index (χ1) is 8.33. The fourth-order valence-electron chi connectivity index (χ4n) is 2.10. The molecule has 1 unspecified atom stereocenters. The molecular weight excluding hydrogens is 212 g/mol. The van der Waals surface area contributed by atoms with E-state index in [1.807, 2.05) is 0 Å². The third kappa shape index (κ3) is 3.86. The third-order valence-electron chi connectivity index (χ3n) is 3.33. The summed E-state index contributed by atoms with van der Waals surface area (Å²) in [4.78, 5) is 0. The van der Waals surface area contributed by atoms with Gasteiger partial charge >= 0.3 is 0 Å². The topological polar surface area (TPSA) is 26.2 Å². The van der Waals surface area contributed by atoms with Crippen molar-refractivity contribution in [2.75, 3.05) is 13.2 Å². The molecule has 0 saturated heterocycles.